The maximum absolute atomic E-state index is 12.7. The van der Waals surface area contributed by atoms with Crippen LogP contribution in [0, 0.1) is 5.82 Å². The summed E-state index contributed by atoms with van der Waals surface area (Å²) in [6.07, 6.45) is 0.939. The minimum absolute atomic E-state index is 0.0659. The van der Waals surface area contributed by atoms with Crippen molar-refractivity contribution in [3.05, 3.63) is 59.5 Å². The van der Waals surface area contributed by atoms with Gasteiger partial charge in [-0.2, -0.15) is 0 Å². The van der Waals surface area contributed by atoms with E-state index in [1.165, 1.54) is 6.07 Å². The number of thiocarbonyl (C=S) groups is 1. The second-order valence-corrected chi connectivity index (χ2v) is 6.45. The minimum Gasteiger partial charge on any atom is -0.389 e. The number of pyridine rings is 1. The lowest BCUT2D eigenvalue weighted by molar-refractivity contribution is 0.599. The van der Waals surface area contributed by atoms with Gasteiger partial charge in [0, 0.05) is 5.56 Å². The lowest BCUT2D eigenvalue weighted by Gasteiger charge is -2.07. The summed E-state index contributed by atoms with van der Waals surface area (Å²) in [4.78, 5) is 3.89. The van der Waals surface area contributed by atoms with Crippen molar-refractivity contribution in [2.24, 2.45) is 5.73 Å². The summed E-state index contributed by atoms with van der Waals surface area (Å²) < 4.78 is 38.9. The zero-order valence-corrected chi connectivity index (χ0v) is 12.4. The van der Waals surface area contributed by atoms with Crippen molar-refractivity contribution in [1.29, 1.82) is 0 Å². The van der Waals surface area contributed by atoms with E-state index in [0.717, 1.165) is 12.3 Å². The number of hydrogen-bond acceptors (Lipinski definition) is 4. The van der Waals surface area contributed by atoms with Crippen LogP contribution in [0.25, 0.3) is 0 Å². The summed E-state index contributed by atoms with van der Waals surface area (Å²) in [5.74, 6) is -0.702. The molecule has 0 aliphatic rings. The molecule has 3 N–H and O–H groups in total. The van der Waals surface area contributed by atoms with Crippen LogP contribution in [0.15, 0.2) is 42.6 Å². The fraction of sp³-hybridized carbons (Fsp3) is 0.0769. The first-order valence-electron chi connectivity index (χ1n) is 5.86. The van der Waals surface area contributed by atoms with Crippen molar-refractivity contribution >= 4 is 33.0 Å². The van der Waals surface area contributed by atoms with E-state index in [2.05, 4.69) is 9.71 Å². The summed E-state index contributed by atoms with van der Waals surface area (Å²) >= 11 is 4.82. The predicted octanol–water partition coefficient (Wildman–Crippen LogP) is 1.80. The summed E-state index contributed by atoms with van der Waals surface area (Å²) in [6, 6.07) is 8.95. The lowest BCUT2D eigenvalue weighted by Crippen LogP contribution is -2.16. The highest BCUT2D eigenvalue weighted by atomic mass is 32.2. The van der Waals surface area contributed by atoms with Crippen molar-refractivity contribution in [3.8, 4) is 0 Å². The molecule has 1 aromatic carbocycles. The molecule has 1 aromatic heterocycles. The molecule has 0 unspecified atom stereocenters. The van der Waals surface area contributed by atoms with Crippen molar-refractivity contribution in [1.82, 2.24) is 4.98 Å². The van der Waals surface area contributed by atoms with Crippen LogP contribution < -0.4 is 10.5 Å². The number of sulfonamides is 1. The van der Waals surface area contributed by atoms with Crippen LogP contribution in [0.5, 0.6) is 0 Å². The van der Waals surface area contributed by atoms with Crippen LogP contribution in [0.3, 0.4) is 0 Å². The zero-order chi connectivity index (χ0) is 15.5. The number of halogens is 1. The Balaban J connectivity index is 2.10. The number of anilines is 1. The molecule has 0 fully saturated rings. The van der Waals surface area contributed by atoms with Crippen molar-refractivity contribution in [3.63, 3.8) is 0 Å². The molecule has 0 saturated carbocycles. The number of nitrogens with one attached hydrogen (secondary N) is 1. The Hall–Kier alpha value is -2.06. The fourth-order valence-electron chi connectivity index (χ4n) is 1.62. The molecule has 0 bridgehead atoms. The average molecular weight is 325 g/mol. The second kappa shape index (κ2) is 6.15. The van der Waals surface area contributed by atoms with Gasteiger partial charge in [0.15, 0.2) is 0 Å². The van der Waals surface area contributed by atoms with E-state index in [9.17, 15) is 12.8 Å². The van der Waals surface area contributed by atoms with Crippen LogP contribution in [0.2, 0.25) is 0 Å². The Morgan fingerprint density at radius 2 is 1.90 bits per heavy atom. The van der Waals surface area contributed by atoms with Gasteiger partial charge in [0.25, 0.3) is 0 Å². The molecule has 1 heterocycles. The van der Waals surface area contributed by atoms with Crippen LogP contribution in [0.4, 0.5) is 10.2 Å². The number of aromatic nitrogens is 1. The first kappa shape index (κ1) is 15.3. The maximum atomic E-state index is 12.7. The van der Waals surface area contributed by atoms with Crippen LogP contribution in [0.1, 0.15) is 11.1 Å². The van der Waals surface area contributed by atoms with E-state index >= 15 is 0 Å². The van der Waals surface area contributed by atoms with Crippen molar-refractivity contribution in [2.75, 3.05) is 4.72 Å². The van der Waals surface area contributed by atoms with Crippen LogP contribution in [-0.4, -0.2) is 18.4 Å². The van der Waals surface area contributed by atoms with E-state index in [0.29, 0.717) is 11.1 Å². The Morgan fingerprint density at radius 1 is 1.24 bits per heavy atom. The Labute approximate surface area is 127 Å². The number of benzene rings is 1. The first-order valence-corrected chi connectivity index (χ1v) is 7.92. The summed E-state index contributed by atoms with van der Waals surface area (Å²) in [7, 11) is -3.63. The summed E-state index contributed by atoms with van der Waals surface area (Å²) in [5.41, 5.74) is 6.71. The Kier molecular flexibility index (Phi) is 4.49. The van der Waals surface area contributed by atoms with Crippen molar-refractivity contribution in [2.45, 2.75) is 5.75 Å². The van der Waals surface area contributed by atoms with Gasteiger partial charge in [-0.3, -0.25) is 4.72 Å². The Morgan fingerprint density at radius 3 is 2.43 bits per heavy atom. The molecule has 0 aliphatic carbocycles. The zero-order valence-electron chi connectivity index (χ0n) is 10.8. The topological polar surface area (TPSA) is 85.1 Å². The molecule has 2 rings (SSSR count). The molecule has 21 heavy (non-hydrogen) atoms. The molecule has 0 saturated heterocycles. The molecule has 5 nitrogen and oxygen atoms in total. The van der Waals surface area contributed by atoms with E-state index in [1.54, 1.807) is 24.3 Å². The summed E-state index contributed by atoms with van der Waals surface area (Å²) in [6.45, 7) is 0. The smallest absolute Gasteiger partial charge is 0.238 e. The third-order valence-electron chi connectivity index (χ3n) is 2.58. The largest absolute Gasteiger partial charge is 0.389 e. The van der Waals surface area contributed by atoms with Gasteiger partial charge in [0.2, 0.25) is 10.0 Å². The highest BCUT2D eigenvalue weighted by Gasteiger charge is 2.12. The standard InChI is InChI=1S/C13H12FN3O2S2/c14-11-5-6-12(16-7-11)17-21(18,19)8-9-1-3-10(4-2-9)13(15)20/h1-7H,8H2,(H2,15,20)(H,16,17). The van der Waals surface area contributed by atoms with E-state index in [4.69, 9.17) is 18.0 Å². The lowest BCUT2D eigenvalue weighted by atomic mass is 10.1. The van der Waals surface area contributed by atoms with Crippen LogP contribution >= 0.6 is 12.2 Å². The van der Waals surface area contributed by atoms with Gasteiger partial charge in [-0.05, 0) is 17.7 Å². The molecule has 0 radical (unpaired) electrons. The predicted molar refractivity (Wildman–Crippen MR) is 82.8 cm³/mol. The van der Waals surface area contributed by atoms with Gasteiger partial charge < -0.3 is 5.73 Å². The molecule has 0 amide bonds. The third-order valence-corrected chi connectivity index (χ3v) is 4.05. The fourth-order valence-corrected chi connectivity index (χ4v) is 2.90. The molecule has 2 aromatic rings. The number of nitrogens with two attached hydrogens (primary N) is 1. The Bertz CT molecular complexity index is 744. The van der Waals surface area contributed by atoms with E-state index in [1.807, 2.05) is 0 Å². The van der Waals surface area contributed by atoms with Crippen molar-refractivity contribution < 1.29 is 12.8 Å². The van der Waals surface area contributed by atoms with Gasteiger partial charge in [0.1, 0.15) is 16.6 Å². The number of rotatable bonds is 5. The second-order valence-electron chi connectivity index (χ2n) is 4.28. The monoisotopic (exact) mass is 325 g/mol. The molecule has 8 heteroatoms. The molecule has 0 spiro atoms. The quantitative estimate of drug-likeness (QED) is 0.819. The third kappa shape index (κ3) is 4.47. The normalized spacial score (nSPS) is 11.1. The highest BCUT2D eigenvalue weighted by molar-refractivity contribution is 7.91. The van der Waals surface area contributed by atoms with Crippen LogP contribution in [-0.2, 0) is 15.8 Å². The minimum atomic E-state index is -3.63. The maximum Gasteiger partial charge on any atom is 0.238 e. The molecule has 0 aliphatic heterocycles. The van der Waals surface area contributed by atoms with E-state index < -0.39 is 15.8 Å². The first-order chi connectivity index (χ1) is 9.85. The van der Waals surface area contributed by atoms with Gasteiger partial charge in [-0.1, -0.05) is 36.5 Å². The highest BCUT2D eigenvalue weighted by Crippen LogP contribution is 2.12. The van der Waals surface area contributed by atoms with Gasteiger partial charge in [-0.15, -0.1) is 0 Å². The SMILES string of the molecule is NC(=S)c1ccc(CS(=O)(=O)Nc2ccc(F)cn2)cc1. The molecular formula is C13H12FN3O2S2. The summed E-state index contributed by atoms with van der Waals surface area (Å²) in [5, 5.41) is 0. The van der Waals surface area contributed by atoms with Gasteiger partial charge >= 0.3 is 0 Å². The average Bonchev–Trinajstić information content (AvgIpc) is 2.41. The van der Waals surface area contributed by atoms with Gasteiger partial charge in [-0.25, -0.2) is 17.8 Å². The van der Waals surface area contributed by atoms with E-state index in [-0.39, 0.29) is 16.6 Å². The number of hydrogen-bond donors (Lipinski definition) is 2. The van der Waals surface area contributed by atoms with Gasteiger partial charge in [0.05, 0.1) is 11.9 Å². The molecular weight excluding hydrogens is 313 g/mol. The molecule has 110 valence electrons. The number of nitrogens with zero attached hydrogens (tertiary/aromatic N) is 1. The molecule has 0 atom stereocenters.